The summed E-state index contributed by atoms with van der Waals surface area (Å²) in [5.74, 6) is -0.707. The molecular formula is C39H44ClF12N3O6. The second-order valence-electron chi connectivity index (χ2n) is 12.9. The standard InChI is InChI=1S/2C10H12F3NO.C7H8F3NO.C7H5F3O2.C5H6O.ClH/c2*1-6(2)14-9(10(11,12)13)8-5-4-7(3)15-8;2*1-4-2-3-5(12-4)6(11)7(8,9)10;1-5-3-2-4-6-5;/h4-5,9H,1-3H3;4-6H,1-3H3;2-3,6H,11H2,1H3;2-3H,1H3;2-4H,1H3;1H/t9-;;6-;;;/m0.0.../s1. The number of ketones is 1. The van der Waals surface area contributed by atoms with Gasteiger partial charge in [-0.15, -0.1) is 12.4 Å². The summed E-state index contributed by atoms with van der Waals surface area (Å²) in [6.07, 6.45) is -16.5. The molecule has 0 unspecified atom stereocenters. The van der Waals surface area contributed by atoms with Crippen LogP contribution in [0, 0.1) is 34.6 Å². The first-order chi connectivity index (χ1) is 27.3. The van der Waals surface area contributed by atoms with Crippen molar-refractivity contribution in [2.45, 2.75) is 105 Å². The van der Waals surface area contributed by atoms with Crippen molar-refractivity contribution < 1.29 is 79.6 Å². The number of hydrogen-bond donors (Lipinski definition) is 1. The highest BCUT2D eigenvalue weighted by molar-refractivity contribution is 6.02. The van der Waals surface area contributed by atoms with Gasteiger partial charge in [-0.05, 0) is 123 Å². The van der Waals surface area contributed by atoms with E-state index in [1.165, 1.54) is 63.2 Å². The Morgan fingerprint density at radius 2 is 1.02 bits per heavy atom. The van der Waals surface area contributed by atoms with Crippen LogP contribution in [-0.2, 0) is 0 Å². The van der Waals surface area contributed by atoms with Crippen LogP contribution in [0.1, 0.15) is 96.4 Å². The normalized spacial score (nSPS) is 12.8. The van der Waals surface area contributed by atoms with E-state index in [4.69, 9.17) is 23.4 Å². The number of nitrogens with two attached hydrogens (primary N) is 1. The van der Waals surface area contributed by atoms with E-state index >= 15 is 0 Å². The van der Waals surface area contributed by atoms with Crippen molar-refractivity contribution in [1.29, 1.82) is 0 Å². The van der Waals surface area contributed by atoms with Crippen molar-refractivity contribution in [3.8, 4) is 0 Å². The fraction of sp³-hybridized carbons (Fsp3) is 0.410. The molecule has 5 rings (SSSR count). The van der Waals surface area contributed by atoms with E-state index in [-0.39, 0.29) is 35.4 Å². The molecule has 5 heterocycles. The van der Waals surface area contributed by atoms with Crippen LogP contribution in [0.25, 0.3) is 0 Å². The molecule has 22 heteroatoms. The van der Waals surface area contributed by atoms with E-state index in [0.717, 1.165) is 11.8 Å². The first-order valence-electron chi connectivity index (χ1n) is 17.2. The number of hydrogen-bond acceptors (Lipinski definition) is 9. The Morgan fingerprint density at radius 3 is 1.30 bits per heavy atom. The van der Waals surface area contributed by atoms with Crippen molar-refractivity contribution in [3.63, 3.8) is 0 Å². The number of nitrogens with zero attached hydrogens (tertiary/aromatic N) is 2. The molecule has 61 heavy (non-hydrogen) atoms. The van der Waals surface area contributed by atoms with Crippen molar-refractivity contribution in [1.82, 2.24) is 0 Å². The summed E-state index contributed by atoms with van der Waals surface area (Å²) in [6, 6.07) is 10.00. The van der Waals surface area contributed by atoms with Crippen LogP contribution in [0.2, 0.25) is 0 Å². The van der Waals surface area contributed by atoms with Gasteiger partial charge in [0.15, 0.2) is 23.3 Å². The zero-order chi connectivity index (χ0) is 46.4. The quantitative estimate of drug-likeness (QED) is 0.102. The Morgan fingerprint density at radius 1 is 0.574 bits per heavy atom. The predicted molar refractivity (Wildman–Crippen MR) is 203 cm³/mol. The maximum atomic E-state index is 12.6. The fourth-order valence-electron chi connectivity index (χ4n) is 4.09. The molecule has 2 atom stereocenters. The molecule has 0 saturated heterocycles. The fourth-order valence-corrected chi connectivity index (χ4v) is 4.09. The van der Waals surface area contributed by atoms with Gasteiger partial charge in [0.2, 0.25) is 6.04 Å². The number of alkyl halides is 12. The molecule has 5 aromatic rings. The predicted octanol–water partition coefficient (Wildman–Crippen LogP) is 13.5. The third-order valence-electron chi connectivity index (χ3n) is 6.66. The van der Waals surface area contributed by atoms with E-state index in [2.05, 4.69) is 14.4 Å². The van der Waals surface area contributed by atoms with E-state index in [1.807, 2.05) is 19.1 Å². The molecule has 2 N–H and O–H groups in total. The lowest BCUT2D eigenvalue weighted by Crippen LogP contribution is -2.27. The smallest absolute Gasteiger partial charge is 0.458 e. The number of carbonyl (C=O) groups is 1. The lowest BCUT2D eigenvalue weighted by atomic mass is 10.2. The summed E-state index contributed by atoms with van der Waals surface area (Å²) in [6.45, 7) is 14.3. The highest BCUT2D eigenvalue weighted by Crippen LogP contribution is 2.37. The highest BCUT2D eigenvalue weighted by Gasteiger charge is 2.43. The van der Waals surface area contributed by atoms with Gasteiger partial charge in [-0.3, -0.25) is 14.8 Å². The van der Waals surface area contributed by atoms with Crippen LogP contribution < -0.4 is 5.73 Å². The number of halogens is 13. The summed E-state index contributed by atoms with van der Waals surface area (Å²) in [4.78, 5) is 17.5. The number of rotatable bonds is 6. The zero-order valence-electron chi connectivity index (χ0n) is 33.9. The molecule has 0 saturated carbocycles. The molecule has 9 nitrogen and oxygen atoms in total. The van der Waals surface area contributed by atoms with E-state index < -0.39 is 60.1 Å². The summed E-state index contributed by atoms with van der Waals surface area (Å²) in [7, 11) is 0. The number of aryl methyl sites for hydroxylation is 5. The Hall–Kier alpha value is -5.18. The third-order valence-corrected chi connectivity index (χ3v) is 6.66. The molecule has 5 aromatic heterocycles. The lowest BCUT2D eigenvalue weighted by Gasteiger charge is -2.14. The van der Waals surface area contributed by atoms with Crippen molar-refractivity contribution in [2.24, 2.45) is 15.7 Å². The molecule has 0 aliphatic rings. The number of carbonyl (C=O) groups excluding carboxylic acids is 1. The Bertz CT molecular complexity index is 2080. The van der Waals surface area contributed by atoms with Crippen LogP contribution in [-0.4, -0.2) is 48.0 Å². The molecule has 0 fully saturated rings. The number of aliphatic imine (C=N–C) groups is 2. The van der Waals surface area contributed by atoms with Crippen LogP contribution in [0.3, 0.4) is 0 Å². The minimum atomic E-state index is -4.86. The van der Waals surface area contributed by atoms with Gasteiger partial charge in [0.1, 0.15) is 40.3 Å². The van der Waals surface area contributed by atoms with Gasteiger partial charge in [0.25, 0.3) is 0 Å². The maximum Gasteiger partial charge on any atom is 0.458 e. The largest absolute Gasteiger partial charge is 0.470 e. The van der Waals surface area contributed by atoms with Gasteiger partial charge >= 0.3 is 30.5 Å². The van der Waals surface area contributed by atoms with Gasteiger partial charge in [-0.2, -0.15) is 52.7 Å². The van der Waals surface area contributed by atoms with Gasteiger partial charge in [0, 0.05) is 11.8 Å². The van der Waals surface area contributed by atoms with E-state index in [1.54, 1.807) is 40.9 Å². The maximum absolute atomic E-state index is 12.6. The molecule has 0 aliphatic heterocycles. The SMILES string of the molecule is CC(C)=N[C@@H](c1ccc(C)o1)C(F)(F)F.Cc1ccc(C(=NC(C)C)C(F)(F)F)o1.Cc1ccc(C(=O)C(F)(F)F)o1.Cc1ccc([C@H](N)C(F)(F)F)o1.Cc1ccco1.Cl. The number of Topliss-reactive ketones (excluding diaryl/α,β-unsaturated/α-hetero) is 1. The van der Waals surface area contributed by atoms with Crippen LogP contribution in [0.15, 0.2) is 99.0 Å². The third kappa shape index (κ3) is 20.8. The zero-order valence-corrected chi connectivity index (χ0v) is 34.8. The Kier molecular flexibility index (Phi) is 21.7. The highest BCUT2D eigenvalue weighted by atomic mass is 35.5. The minimum absolute atomic E-state index is 0. The van der Waals surface area contributed by atoms with Gasteiger partial charge in [-0.25, -0.2) is 0 Å². The molecule has 0 aromatic carbocycles. The molecule has 0 aliphatic carbocycles. The van der Waals surface area contributed by atoms with E-state index in [9.17, 15) is 57.5 Å². The summed E-state index contributed by atoms with van der Waals surface area (Å²) < 4.78 is 171. The molecule has 342 valence electrons. The molecule has 0 bridgehead atoms. The Labute approximate surface area is 348 Å². The minimum Gasteiger partial charge on any atom is -0.470 e. The van der Waals surface area contributed by atoms with Crippen molar-refractivity contribution >= 4 is 29.6 Å². The monoisotopic (exact) mass is 913 g/mol. The van der Waals surface area contributed by atoms with Gasteiger partial charge in [-0.1, -0.05) is 0 Å². The van der Waals surface area contributed by atoms with Crippen molar-refractivity contribution in [2.75, 3.05) is 0 Å². The van der Waals surface area contributed by atoms with Crippen LogP contribution in [0.5, 0.6) is 0 Å². The second kappa shape index (κ2) is 23.7. The van der Waals surface area contributed by atoms with Crippen LogP contribution >= 0.6 is 12.4 Å². The van der Waals surface area contributed by atoms with Gasteiger partial charge in [0.05, 0.1) is 6.26 Å². The van der Waals surface area contributed by atoms with Crippen molar-refractivity contribution in [3.05, 3.63) is 119 Å². The number of furan rings is 5. The average Bonchev–Trinajstić information content (AvgIpc) is 3.95. The molecule has 0 radical (unpaired) electrons. The summed E-state index contributed by atoms with van der Waals surface area (Å²) >= 11 is 0. The van der Waals surface area contributed by atoms with E-state index in [0.29, 0.717) is 23.0 Å². The van der Waals surface area contributed by atoms with Gasteiger partial charge < -0.3 is 27.8 Å². The first-order valence-corrected chi connectivity index (χ1v) is 17.2. The lowest BCUT2D eigenvalue weighted by molar-refractivity contribution is -0.153. The summed E-state index contributed by atoms with van der Waals surface area (Å²) in [5, 5.41) is 0. The van der Waals surface area contributed by atoms with Crippen LogP contribution in [0.4, 0.5) is 52.7 Å². The molecule has 0 amide bonds. The molecular weight excluding hydrogens is 870 g/mol. The summed E-state index contributed by atoms with van der Waals surface area (Å²) in [5.41, 5.74) is 4.28. The average molecular weight is 914 g/mol. The topological polar surface area (TPSA) is 134 Å². The second-order valence-corrected chi connectivity index (χ2v) is 12.9. The Balaban J connectivity index is 0.000000751. The molecule has 0 spiro atoms. The first kappa shape index (κ1) is 55.8.